The summed E-state index contributed by atoms with van der Waals surface area (Å²) in [5.74, 6) is 0. The Hall–Kier alpha value is -7.94. The van der Waals surface area contributed by atoms with Gasteiger partial charge in [0.1, 0.15) is 5.58 Å². The van der Waals surface area contributed by atoms with E-state index in [2.05, 4.69) is 229 Å². The molecule has 0 N–H and O–H groups in total. The molecule has 0 amide bonds. The summed E-state index contributed by atoms with van der Waals surface area (Å²) >= 11 is 0. The second-order valence-electron chi connectivity index (χ2n) is 15.7. The molecule has 2 heteroatoms. The number of para-hydroxylation sites is 1. The topological polar surface area (TPSA) is 16.4 Å². The van der Waals surface area contributed by atoms with Gasteiger partial charge in [0, 0.05) is 22.1 Å². The van der Waals surface area contributed by atoms with Crippen molar-refractivity contribution in [3.05, 3.63) is 224 Å². The van der Waals surface area contributed by atoms with Gasteiger partial charge in [-0.3, -0.25) is 0 Å². The summed E-state index contributed by atoms with van der Waals surface area (Å²) in [7, 11) is 0. The van der Waals surface area contributed by atoms with Crippen LogP contribution in [-0.2, 0) is 0 Å². The van der Waals surface area contributed by atoms with Crippen molar-refractivity contribution in [2.75, 3.05) is 4.90 Å². The van der Waals surface area contributed by atoms with Gasteiger partial charge in [-0.25, -0.2) is 0 Å². The Balaban J connectivity index is 1.00. The maximum absolute atomic E-state index is 6.88. The van der Waals surface area contributed by atoms with Crippen LogP contribution in [0.4, 0.5) is 17.1 Å². The third kappa shape index (κ3) is 5.65. The molecular weight excluding hydrogens is 727 g/mol. The monoisotopic (exact) mass is 763 g/mol. The lowest BCUT2D eigenvalue weighted by Gasteiger charge is -2.26. The molecule has 2 nitrogen and oxygen atoms in total. The van der Waals surface area contributed by atoms with Crippen molar-refractivity contribution >= 4 is 82.1 Å². The van der Waals surface area contributed by atoms with Gasteiger partial charge in [0.2, 0.25) is 0 Å². The molecule has 0 radical (unpaired) electrons. The van der Waals surface area contributed by atoms with Crippen molar-refractivity contribution < 1.29 is 4.42 Å². The van der Waals surface area contributed by atoms with Crippen molar-refractivity contribution in [1.29, 1.82) is 0 Å². The van der Waals surface area contributed by atoms with Crippen molar-refractivity contribution in [2.45, 2.75) is 0 Å². The molecule has 0 aliphatic heterocycles. The van der Waals surface area contributed by atoms with E-state index in [1.165, 1.54) is 70.9 Å². The molecule has 11 aromatic carbocycles. The van der Waals surface area contributed by atoms with Crippen LogP contribution in [0.2, 0.25) is 0 Å². The first kappa shape index (κ1) is 34.1. The predicted molar refractivity (Wildman–Crippen MR) is 255 cm³/mol. The molecule has 1 heterocycles. The Morgan fingerprint density at radius 2 is 0.817 bits per heavy atom. The van der Waals surface area contributed by atoms with E-state index in [1.807, 2.05) is 0 Å². The molecule has 1 aromatic heterocycles. The highest BCUT2D eigenvalue weighted by Gasteiger charge is 2.20. The average molecular weight is 764 g/mol. The number of benzene rings is 11. The molecule has 0 atom stereocenters. The van der Waals surface area contributed by atoms with Crippen LogP contribution in [0.1, 0.15) is 0 Å². The fraction of sp³-hybridized carbons (Fsp3) is 0. The number of anilines is 3. The maximum Gasteiger partial charge on any atom is 0.159 e. The van der Waals surface area contributed by atoms with Crippen molar-refractivity contribution in [3.63, 3.8) is 0 Å². The predicted octanol–water partition coefficient (Wildman–Crippen LogP) is 16.7. The molecule has 0 bridgehead atoms. The summed E-state index contributed by atoms with van der Waals surface area (Å²) in [5, 5.41) is 12.3. The second kappa shape index (κ2) is 13.9. The third-order valence-corrected chi connectivity index (χ3v) is 12.2. The summed E-state index contributed by atoms with van der Waals surface area (Å²) in [4.78, 5) is 2.34. The zero-order valence-electron chi connectivity index (χ0n) is 32.7. The van der Waals surface area contributed by atoms with E-state index >= 15 is 0 Å². The molecule has 0 saturated carbocycles. The van der Waals surface area contributed by atoms with Gasteiger partial charge in [0.05, 0.1) is 5.69 Å². The zero-order valence-corrected chi connectivity index (χ0v) is 32.7. The molecule has 12 aromatic rings. The van der Waals surface area contributed by atoms with Crippen molar-refractivity contribution in [3.8, 4) is 33.4 Å². The van der Waals surface area contributed by atoms with Crippen LogP contribution in [0, 0.1) is 0 Å². The molecule has 0 unspecified atom stereocenters. The Morgan fingerprint density at radius 1 is 0.283 bits per heavy atom. The SMILES string of the molecule is c1ccc(-c2ccc3c(c2)oc2c(N(c4ccc(-c5ccc6ccc7ccccc7c6c5)cc4)c4ccc(-c5cc6ccccc6c6ccccc56)cc4)cccc23)cc1. The first-order chi connectivity index (χ1) is 29.7. The molecule has 60 heavy (non-hydrogen) atoms. The van der Waals surface area contributed by atoms with Gasteiger partial charge in [-0.1, -0.05) is 170 Å². The minimum atomic E-state index is 0.854. The van der Waals surface area contributed by atoms with E-state index in [-0.39, 0.29) is 0 Å². The van der Waals surface area contributed by atoms with Gasteiger partial charge in [0.15, 0.2) is 5.58 Å². The lowest BCUT2D eigenvalue weighted by Crippen LogP contribution is -2.10. The Labute approximate surface area is 347 Å². The minimum absolute atomic E-state index is 0.854. The Bertz CT molecular complexity index is 3580. The average Bonchev–Trinajstić information content (AvgIpc) is 3.71. The lowest BCUT2D eigenvalue weighted by molar-refractivity contribution is 0.669. The van der Waals surface area contributed by atoms with Crippen molar-refractivity contribution in [1.82, 2.24) is 0 Å². The Kier molecular flexibility index (Phi) is 7.89. The maximum atomic E-state index is 6.88. The molecule has 280 valence electrons. The normalized spacial score (nSPS) is 11.7. The van der Waals surface area contributed by atoms with E-state index in [0.29, 0.717) is 0 Å². The van der Waals surface area contributed by atoms with Gasteiger partial charge >= 0.3 is 0 Å². The highest BCUT2D eigenvalue weighted by molar-refractivity contribution is 6.14. The zero-order chi connectivity index (χ0) is 39.6. The van der Waals surface area contributed by atoms with Gasteiger partial charge in [-0.05, 0) is 131 Å². The largest absolute Gasteiger partial charge is 0.454 e. The minimum Gasteiger partial charge on any atom is -0.454 e. The number of nitrogens with zero attached hydrogens (tertiary/aromatic N) is 1. The number of fused-ring (bicyclic) bond motifs is 9. The van der Waals surface area contributed by atoms with E-state index in [9.17, 15) is 0 Å². The van der Waals surface area contributed by atoms with Crippen LogP contribution in [0.25, 0.3) is 98.4 Å². The molecule has 12 rings (SSSR count). The molecule has 0 aliphatic rings. The van der Waals surface area contributed by atoms with Gasteiger partial charge in [-0.2, -0.15) is 0 Å². The van der Waals surface area contributed by atoms with E-state index in [0.717, 1.165) is 44.6 Å². The fourth-order valence-corrected chi connectivity index (χ4v) is 9.26. The van der Waals surface area contributed by atoms with Crippen LogP contribution in [0.15, 0.2) is 229 Å². The molecule has 0 saturated heterocycles. The van der Waals surface area contributed by atoms with Crippen LogP contribution < -0.4 is 4.90 Å². The second-order valence-corrected chi connectivity index (χ2v) is 15.7. The van der Waals surface area contributed by atoms with Crippen LogP contribution in [0.5, 0.6) is 0 Å². The highest BCUT2D eigenvalue weighted by Crippen LogP contribution is 2.44. The van der Waals surface area contributed by atoms with E-state index in [1.54, 1.807) is 0 Å². The lowest BCUT2D eigenvalue weighted by atomic mass is 9.93. The fourth-order valence-electron chi connectivity index (χ4n) is 9.26. The van der Waals surface area contributed by atoms with E-state index < -0.39 is 0 Å². The number of hydrogen-bond donors (Lipinski definition) is 0. The van der Waals surface area contributed by atoms with Gasteiger partial charge < -0.3 is 9.32 Å². The van der Waals surface area contributed by atoms with Gasteiger partial charge in [-0.15, -0.1) is 0 Å². The summed E-state index contributed by atoms with van der Waals surface area (Å²) in [5.41, 5.74) is 11.9. The van der Waals surface area contributed by atoms with Crippen LogP contribution in [0.3, 0.4) is 0 Å². The summed E-state index contributed by atoms with van der Waals surface area (Å²) < 4.78 is 6.88. The summed E-state index contributed by atoms with van der Waals surface area (Å²) in [6.07, 6.45) is 0. The quantitative estimate of drug-likeness (QED) is 0.157. The van der Waals surface area contributed by atoms with Crippen LogP contribution in [-0.4, -0.2) is 0 Å². The highest BCUT2D eigenvalue weighted by atomic mass is 16.3. The number of rotatable bonds is 6. The molecule has 0 spiro atoms. The summed E-state index contributed by atoms with van der Waals surface area (Å²) in [6.45, 7) is 0. The molecule has 0 fully saturated rings. The first-order valence-electron chi connectivity index (χ1n) is 20.6. The van der Waals surface area contributed by atoms with Crippen molar-refractivity contribution in [2.24, 2.45) is 0 Å². The number of furan rings is 1. The first-order valence-corrected chi connectivity index (χ1v) is 20.6. The smallest absolute Gasteiger partial charge is 0.159 e. The van der Waals surface area contributed by atoms with E-state index in [4.69, 9.17) is 4.42 Å². The Morgan fingerprint density at radius 3 is 1.58 bits per heavy atom. The van der Waals surface area contributed by atoms with Gasteiger partial charge in [0.25, 0.3) is 0 Å². The number of hydrogen-bond acceptors (Lipinski definition) is 2. The van der Waals surface area contributed by atoms with Crippen LogP contribution >= 0.6 is 0 Å². The third-order valence-electron chi connectivity index (χ3n) is 12.2. The molecular formula is C58H37NO. The summed E-state index contributed by atoms with van der Waals surface area (Å²) in [6, 6.07) is 81.2. The standard InChI is InChI=1S/C58H37NO/c1-2-11-38(12-3-1)44-29-34-52-53-19-10-20-56(58(53)60-57(52)37-44)59(46-30-25-39(26-31-46)43-24-23-41-22-21-40-13-4-6-15-48(40)54(41)35-43)47-32-27-42(28-33-47)55-36-45-14-5-7-16-49(45)50-17-8-9-18-51(50)55/h1-37H. The molecule has 0 aliphatic carbocycles.